The van der Waals surface area contributed by atoms with Crippen LogP contribution in [0.15, 0.2) is 18.2 Å². The number of rotatable bonds is 3. The molecule has 0 radical (unpaired) electrons. The van der Waals surface area contributed by atoms with Gasteiger partial charge in [-0.05, 0) is 36.8 Å². The summed E-state index contributed by atoms with van der Waals surface area (Å²) in [6, 6.07) is 4.61. The number of hydrogen-bond donors (Lipinski definition) is 1. The van der Waals surface area contributed by atoms with Gasteiger partial charge >= 0.3 is 0 Å². The van der Waals surface area contributed by atoms with Gasteiger partial charge in [0, 0.05) is 31.2 Å². The predicted molar refractivity (Wildman–Crippen MR) is 76.8 cm³/mol. The van der Waals surface area contributed by atoms with Crippen LogP contribution >= 0.6 is 0 Å². The topological polar surface area (TPSA) is 15.3 Å². The summed E-state index contributed by atoms with van der Waals surface area (Å²) in [5.41, 5.74) is 0.539. The minimum Gasteiger partial charge on any atom is -0.363 e. The summed E-state index contributed by atoms with van der Waals surface area (Å²) in [6.07, 6.45) is 2.54. The van der Waals surface area contributed by atoms with Gasteiger partial charge in [-0.3, -0.25) is 0 Å². The zero-order valence-corrected chi connectivity index (χ0v) is 12.1. The molecule has 0 spiro atoms. The van der Waals surface area contributed by atoms with Crippen LogP contribution in [0.5, 0.6) is 0 Å². The lowest BCUT2D eigenvalue weighted by Crippen LogP contribution is -2.59. The van der Waals surface area contributed by atoms with Gasteiger partial charge in [0.2, 0.25) is 0 Å². The zero-order valence-electron chi connectivity index (χ0n) is 12.1. The summed E-state index contributed by atoms with van der Waals surface area (Å²) in [4.78, 5) is 2.14. The maximum Gasteiger partial charge on any atom is 0.149 e. The highest BCUT2D eigenvalue weighted by Gasteiger charge is 2.38. The highest BCUT2D eigenvalue weighted by atomic mass is 19.1. The molecule has 2 atom stereocenters. The van der Waals surface area contributed by atoms with Gasteiger partial charge in [0.05, 0.1) is 5.69 Å². The maximum atomic E-state index is 14.1. The van der Waals surface area contributed by atoms with E-state index in [1.807, 2.05) is 0 Å². The Kier molecular flexibility index (Phi) is 3.67. The van der Waals surface area contributed by atoms with E-state index in [0.29, 0.717) is 17.6 Å². The molecule has 2 nitrogen and oxygen atoms in total. The van der Waals surface area contributed by atoms with Gasteiger partial charge in [-0.1, -0.05) is 13.8 Å². The number of halogens is 2. The number of nitrogens with one attached hydrogen (secondary N) is 1. The fraction of sp³-hybridized carbons (Fsp3) is 0.625. The second-order valence-corrected chi connectivity index (χ2v) is 6.41. The summed E-state index contributed by atoms with van der Waals surface area (Å²) in [6.45, 7) is 5.99. The molecule has 110 valence electrons. The Bertz CT molecular complexity index is 485. The highest BCUT2D eigenvalue weighted by Crippen LogP contribution is 2.36. The van der Waals surface area contributed by atoms with Crippen LogP contribution in [-0.2, 0) is 0 Å². The fourth-order valence-corrected chi connectivity index (χ4v) is 3.20. The molecular formula is C16H22F2N2. The molecule has 1 aliphatic carbocycles. The molecule has 1 heterocycles. The molecule has 1 saturated heterocycles. The normalized spacial score (nSPS) is 27.1. The minimum atomic E-state index is -0.513. The van der Waals surface area contributed by atoms with E-state index in [1.165, 1.54) is 18.9 Å². The molecule has 1 aliphatic heterocycles. The van der Waals surface area contributed by atoms with Crippen LogP contribution < -0.4 is 10.2 Å². The first-order valence-corrected chi connectivity index (χ1v) is 7.51. The van der Waals surface area contributed by atoms with E-state index in [0.717, 1.165) is 25.1 Å². The van der Waals surface area contributed by atoms with Gasteiger partial charge < -0.3 is 10.2 Å². The van der Waals surface area contributed by atoms with Crippen molar-refractivity contribution in [2.24, 2.45) is 11.8 Å². The van der Waals surface area contributed by atoms with Crippen LogP contribution in [0.25, 0.3) is 0 Å². The van der Waals surface area contributed by atoms with E-state index in [1.54, 1.807) is 6.07 Å². The van der Waals surface area contributed by atoms with Crippen molar-refractivity contribution in [1.82, 2.24) is 5.32 Å². The van der Waals surface area contributed by atoms with E-state index in [2.05, 4.69) is 24.1 Å². The molecule has 2 fully saturated rings. The molecule has 1 N–H and O–H groups in total. The molecule has 0 aromatic heterocycles. The SMILES string of the molecule is CC(C)C1CNC(C2CC2)CN1c1ccc(F)cc1F. The standard InChI is InChI=1S/C16H22F2N2/c1-10(2)16-8-19-14(11-3-4-11)9-20(16)15-6-5-12(17)7-13(15)18/h5-7,10-11,14,16,19H,3-4,8-9H2,1-2H3. The quantitative estimate of drug-likeness (QED) is 0.915. The largest absolute Gasteiger partial charge is 0.363 e. The van der Waals surface area contributed by atoms with E-state index in [9.17, 15) is 8.78 Å². The third-order valence-electron chi connectivity index (χ3n) is 4.56. The lowest BCUT2D eigenvalue weighted by Gasteiger charge is -2.44. The number of anilines is 1. The third-order valence-corrected chi connectivity index (χ3v) is 4.56. The van der Waals surface area contributed by atoms with Crippen molar-refractivity contribution >= 4 is 5.69 Å². The number of nitrogens with zero attached hydrogens (tertiary/aromatic N) is 1. The molecule has 1 aromatic rings. The van der Waals surface area contributed by atoms with Crippen molar-refractivity contribution in [1.29, 1.82) is 0 Å². The van der Waals surface area contributed by atoms with Gasteiger partial charge in [-0.25, -0.2) is 8.78 Å². The molecule has 1 saturated carbocycles. The van der Waals surface area contributed by atoms with Crippen molar-refractivity contribution in [2.45, 2.75) is 38.8 Å². The van der Waals surface area contributed by atoms with Crippen LogP contribution in [0, 0.1) is 23.5 Å². The first-order chi connectivity index (χ1) is 9.56. The first kappa shape index (κ1) is 13.8. The zero-order chi connectivity index (χ0) is 14.3. The number of benzene rings is 1. The summed E-state index contributed by atoms with van der Waals surface area (Å²) in [5.74, 6) is 0.189. The van der Waals surface area contributed by atoms with Crippen molar-refractivity contribution in [3.63, 3.8) is 0 Å². The Morgan fingerprint density at radius 3 is 2.60 bits per heavy atom. The lowest BCUT2D eigenvalue weighted by atomic mass is 9.96. The summed E-state index contributed by atoms with van der Waals surface area (Å²) >= 11 is 0. The second-order valence-electron chi connectivity index (χ2n) is 6.41. The van der Waals surface area contributed by atoms with Gasteiger partial charge in [-0.2, -0.15) is 0 Å². The van der Waals surface area contributed by atoms with Crippen molar-refractivity contribution in [2.75, 3.05) is 18.0 Å². The second kappa shape index (κ2) is 5.32. The van der Waals surface area contributed by atoms with Gasteiger partial charge in [0.15, 0.2) is 0 Å². The number of hydrogen-bond acceptors (Lipinski definition) is 2. The summed E-state index contributed by atoms with van der Waals surface area (Å²) in [7, 11) is 0. The highest BCUT2D eigenvalue weighted by molar-refractivity contribution is 5.50. The smallest absolute Gasteiger partial charge is 0.149 e. The van der Waals surface area contributed by atoms with E-state index in [-0.39, 0.29) is 6.04 Å². The van der Waals surface area contributed by atoms with E-state index < -0.39 is 11.6 Å². The molecule has 4 heteroatoms. The number of piperazine rings is 1. The summed E-state index contributed by atoms with van der Waals surface area (Å²) < 4.78 is 27.2. The molecule has 0 amide bonds. The Balaban J connectivity index is 1.87. The average Bonchev–Trinajstić information content (AvgIpc) is 3.22. The van der Waals surface area contributed by atoms with Gasteiger partial charge in [-0.15, -0.1) is 0 Å². The minimum absolute atomic E-state index is 0.255. The summed E-state index contributed by atoms with van der Waals surface area (Å²) in [5, 5.41) is 3.60. The lowest BCUT2D eigenvalue weighted by molar-refractivity contribution is 0.318. The third kappa shape index (κ3) is 2.66. The monoisotopic (exact) mass is 280 g/mol. The van der Waals surface area contributed by atoms with Crippen LogP contribution in [-0.4, -0.2) is 25.2 Å². The predicted octanol–water partition coefficient (Wildman–Crippen LogP) is 3.18. The van der Waals surface area contributed by atoms with Crippen LogP contribution in [0.3, 0.4) is 0 Å². The van der Waals surface area contributed by atoms with Crippen LogP contribution in [0.4, 0.5) is 14.5 Å². The fourth-order valence-electron chi connectivity index (χ4n) is 3.20. The average molecular weight is 280 g/mol. The molecule has 20 heavy (non-hydrogen) atoms. The maximum absolute atomic E-state index is 14.1. The van der Waals surface area contributed by atoms with E-state index in [4.69, 9.17) is 0 Å². The van der Waals surface area contributed by atoms with Crippen molar-refractivity contribution in [3.8, 4) is 0 Å². The Morgan fingerprint density at radius 2 is 2.00 bits per heavy atom. The Morgan fingerprint density at radius 1 is 1.25 bits per heavy atom. The molecule has 2 unspecified atom stereocenters. The molecule has 2 aliphatic rings. The van der Waals surface area contributed by atoms with Gasteiger partial charge in [0.25, 0.3) is 0 Å². The molecule has 3 rings (SSSR count). The van der Waals surface area contributed by atoms with Crippen molar-refractivity contribution < 1.29 is 8.78 Å². The molecule has 1 aromatic carbocycles. The van der Waals surface area contributed by atoms with Crippen LogP contribution in [0.2, 0.25) is 0 Å². The molecular weight excluding hydrogens is 258 g/mol. The van der Waals surface area contributed by atoms with Crippen molar-refractivity contribution in [3.05, 3.63) is 29.8 Å². The Hall–Kier alpha value is -1.16. The first-order valence-electron chi connectivity index (χ1n) is 7.51. The van der Waals surface area contributed by atoms with E-state index >= 15 is 0 Å². The van der Waals surface area contributed by atoms with Crippen LogP contribution in [0.1, 0.15) is 26.7 Å². The van der Waals surface area contributed by atoms with Gasteiger partial charge in [0.1, 0.15) is 11.6 Å². The Labute approximate surface area is 119 Å². The molecule has 0 bridgehead atoms.